The minimum atomic E-state index is -4.26. The second-order valence-electron chi connectivity index (χ2n) is 4.22. The Bertz CT molecular complexity index is 481. The Labute approximate surface area is 90.5 Å². The maximum Gasteiger partial charge on any atom is 0.320 e. The van der Waals surface area contributed by atoms with E-state index in [1.807, 2.05) is 0 Å². The highest BCUT2D eigenvalue weighted by atomic mass is 32.2. The minimum Gasteiger partial charge on any atom is -0.393 e. The van der Waals surface area contributed by atoms with Crippen LogP contribution in [-0.4, -0.2) is 42.4 Å². The Morgan fingerprint density at radius 3 is 2.44 bits per heavy atom. The second-order valence-corrected chi connectivity index (χ2v) is 5.86. The number of carbonyl (C=O) groups excluding carboxylic acids is 2. The summed E-state index contributed by atoms with van der Waals surface area (Å²) in [6.45, 7) is 0. The molecule has 0 aromatic rings. The molecule has 5 unspecified atom stereocenters. The zero-order valence-electron chi connectivity index (χ0n) is 7.90. The molecule has 5 atom stereocenters. The van der Waals surface area contributed by atoms with Crippen LogP contribution in [0, 0.1) is 11.8 Å². The number of carbonyl (C=O) groups is 2. The number of rotatable bonds is 1. The molecule has 0 saturated carbocycles. The Kier molecular flexibility index (Phi) is 1.79. The molecule has 3 heterocycles. The molecule has 1 N–H and O–H groups in total. The van der Waals surface area contributed by atoms with Gasteiger partial charge in [-0.15, -0.1) is 0 Å². The molecule has 0 aromatic heterocycles. The number of fused-ring (bicyclic) bond motifs is 5. The normalized spacial score (nSPS) is 45.9. The molecule has 0 radical (unpaired) electrons. The van der Waals surface area contributed by atoms with Crippen molar-refractivity contribution >= 4 is 22.1 Å². The van der Waals surface area contributed by atoms with E-state index >= 15 is 0 Å². The van der Waals surface area contributed by atoms with Crippen LogP contribution < -0.4 is 0 Å². The molecule has 7 nitrogen and oxygen atoms in total. The zero-order valence-corrected chi connectivity index (χ0v) is 8.72. The maximum absolute atomic E-state index is 11.3. The van der Waals surface area contributed by atoms with Crippen molar-refractivity contribution in [2.24, 2.45) is 11.8 Å². The zero-order chi connectivity index (χ0) is 11.7. The molecule has 3 saturated heterocycles. The van der Waals surface area contributed by atoms with Crippen molar-refractivity contribution in [1.29, 1.82) is 0 Å². The molecular formula is C8H8O7S. The lowest BCUT2D eigenvalue weighted by atomic mass is 9.81. The van der Waals surface area contributed by atoms with Gasteiger partial charge in [-0.2, -0.15) is 8.42 Å². The van der Waals surface area contributed by atoms with Crippen molar-refractivity contribution in [1.82, 2.24) is 0 Å². The third-order valence-corrected chi connectivity index (χ3v) is 4.66. The number of ether oxygens (including phenoxy) is 2. The van der Waals surface area contributed by atoms with Gasteiger partial charge < -0.3 is 9.47 Å². The minimum absolute atomic E-state index is 0.0348. The molecule has 3 rings (SSSR count). The van der Waals surface area contributed by atoms with Crippen molar-refractivity contribution in [2.45, 2.75) is 23.9 Å². The third kappa shape index (κ3) is 1.12. The molecule has 0 spiro atoms. The fourth-order valence-corrected chi connectivity index (χ4v) is 3.80. The summed E-state index contributed by atoms with van der Waals surface area (Å²) in [6.07, 6.45) is -1.56. The van der Waals surface area contributed by atoms with E-state index in [0.29, 0.717) is 0 Å². The average Bonchev–Trinajstić information content (AvgIpc) is 2.76. The van der Waals surface area contributed by atoms with Crippen LogP contribution >= 0.6 is 0 Å². The summed E-state index contributed by atoms with van der Waals surface area (Å²) in [7, 11) is -4.26. The first-order valence-electron chi connectivity index (χ1n) is 4.77. The van der Waals surface area contributed by atoms with Crippen molar-refractivity contribution < 1.29 is 32.0 Å². The van der Waals surface area contributed by atoms with Crippen molar-refractivity contribution in [3.63, 3.8) is 0 Å². The summed E-state index contributed by atoms with van der Waals surface area (Å²) in [5.41, 5.74) is 0. The van der Waals surface area contributed by atoms with Crippen LogP contribution in [0.1, 0.15) is 6.42 Å². The first-order chi connectivity index (χ1) is 7.39. The Balaban J connectivity index is 1.99. The highest BCUT2D eigenvalue weighted by Gasteiger charge is 2.66. The largest absolute Gasteiger partial charge is 0.393 e. The molecule has 8 heteroatoms. The maximum atomic E-state index is 11.3. The summed E-state index contributed by atoms with van der Waals surface area (Å²) in [5.74, 6) is -2.99. The Morgan fingerprint density at radius 1 is 1.19 bits per heavy atom. The highest BCUT2D eigenvalue weighted by molar-refractivity contribution is 7.86. The summed E-state index contributed by atoms with van der Waals surface area (Å²) in [4.78, 5) is 22.6. The summed E-state index contributed by atoms with van der Waals surface area (Å²) in [6, 6.07) is 0. The Hall–Kier alpha value is -0.990. The van der Waals surface area contributed by atoms with E-state index < -0.39 is 51.4 Å². The van der Waals surface area contributed by atoms with Gasteiger partial charge in [-0.25, -0.2) is 0 Å². The van der Waals surface area contributed by atoms with Gasteiger partial charge in [0, 0.05) is 0 Å². The van der Waals surface area contributed by atoms with E-state index in [0.717, 1.165) is 0 Å². The summed E-state index contributed by atoms with van der Waals surface area (Å²) < 4.78 is 40.7. The smallest absolute Gasteiger partial charge is 0.320 e. The summed E-state index contributed by atoms with van der Waals surface area (Å²) >= 11 is 0. The van der Waals surface area contributed by atoms with E-state index in [-0.39, 0.29) is 6.42 Å². The number of cyclic esters (lactones) is 2. The predicted molar refractivity (Wildman–Crippen MR) is 46.7 cm³/mol. The summed E-state index contributed by atoms with van der Waals surface area (Å²) in [5, 5.41) is -1.13. The fourth-order valence-electron chi connectivity index (χ4n) is 2.80. The van der Waals surface area contributed by atoms with Gasteiger partial charge in [0.15, 0.2) is 0 Å². The van der Waals surface area contributed by atoms with Gasteiger partial charge >= 0.3 is 11.9 Å². The van der Waals surface area contributed by atoms with Crippen LogP contribution in [0.3, 0.4) is 0 Å². The van der Waals surface area contributed by atoms with Crippen molar-refractivity contribution in [3.8, 4) is 0 Å². The SMILES string of the molecule is O=C1OC(=O)C2C3OC(CC3S(=O)(=O)O)C12. The molecule has 3 fully saturated rings. The van der Waals surface area contributed by atoms with Crippen LogP contribution in [0.15, 0.2) is 0 Å². The van der Waals surface area contributed by atoms with E-state index in [1.54, 1.807) is 0 Å². The quantitative estimate of drug-likeness (QED) is 0.350. The molecule has 0 aromatic carbocycles. The lowest BCUT2D eigenvalue weighted by molar-refractivity contribution is -0.156. The molecule has 16 heavy (non-hydrogen) atoms. The topological polar surface area (TPSA) is 107 Å². The van der Waals surface area contributed by atoms with Gasteiger partial charge in [0.25, 0.3) is 10.1 Å². The fraction of sp³-hybridized carbons (Fsp3) is 0.750. The molecule has 3 aliphatic heterocycles. The monoisotopic (exact) mass is 248 g/mol. The van der Waals surface area contributed by atoms with Crippen molar-refractivity contribution in [2.75, 3.05) is 0 Å². The molecule has 2 bridgehead atoms. The van der Waals surface area contributed by atoms with Crippen LogP contribution in [0.5, 0.6) is 0 Å². The molecule has 0 amide bonds. The second kappa shape index (κ2) is 2.82. The highest BCUT2D eigenvalue weighted by Crippen LogP contribution is 2.49. The lowest BCUT2D eigenvalue weighted by Gasteiger charge is -2.21. The van der Waals surface area contributed by atoms with E-state index in [2.05, 4.69) is 4.74 Å². The van der Waals surface area contributed by atoms with E-state index in [1.165, 1.54) is 0 Å². The van der Waals surface area contributed by atoms with Gasteiger partial charge in [0.2, 0.25) is 0 Å². The number of hydrogen-bond donors (Lipinski definition) is 1. The van der Waals surface area contributed by atoms with E-state index in [4.69, 9.17) is 9.29 Å². The van der Waals surface area contributed by atoms with Crippen LogP contribution in [0.4, 0.5) is 0 Å². The Morgan fingerprint density at radius 2 is 1.81 bits per heavy atom. The standard InChI is InChI=1S/C8H8O7S/c9-7-4-2-1-3(16(11,12)13)6(14-2)5(4)8(10)15-7/h2-6H,1H2,(H,11,12,13). The van der Waals surface area contributed by atoms with Gasteiger partial charge in [-0.3, -0.25) is 14.1 Å². The van der Waals surface area contributed by atoms with Gasteiger partial charge in [0.05, 0.1) is 18.1 Å². The van der Waals surface area contributed by atoms with Gasteiger partial charge in [0.1, 0.15) is 11.2 Å². The molecule has 3 aliphatic rings. The first kappa shape index (κ1) is 10.2. The average molecular weight is 248 g/mol. The van der Waals surface area contributed by atoms with Crippen molar-refractivity contribution in [3.05, 3.63) is 0 Å². The van der Waals surface area contributed by atoms with E-state index in [9.17, 15) is 18.0 Å². The third-order valence-electron chi connectivity index (χ3n) is 3.43. The molecule has 88 valence electrons. The number of esters is 2. The van der Waals surface area contributed by atoms with Crippen LogP contribution in [0.25, 0.3) is 0 Å². The first-order valence-corrected chi connectivity index (χ1v) is 6.27. The molecule has 0 aliphatic carbocycles. The predicted octanol–water partition coefficient (Wildman–Crippen LogP) is -1.27. The van der Waals surface area contributed by atoms with Crippen LogP contribution in [-0.2, 0) is 29.2 Å². The number of hydrogen-bond acceptors (Lipinski definition) is 6. The van der Waals surface area contributed by atoms with Crippen LogP contribution in [0.2, 0.25) is 0 Å². The van der Waals surface area contributed by atoms with Gasteiger partial charge in [-0.05, 0) is 6.42 Å². The lowest BCUT2D eigenvalue weighted by Crippen LogP contribution is -2.42. The van der Waals surface area contributed by atoms with Gasteiger partial charge in [-0.1, -0.05) is 0 Å². The molecular weight excluding hydrogens is 240 g/mol.